The Hall–Kier alpha value is -3.12. The Bertz CT molecular complexity index is 1110. The van der Waals surface area contributed by atoms with E-state index in [1.54, 1.807) is 12.1 Å². The number of anilines is 1. The highest BCUT2D eigenvalue weighted by atomic mass is 19.1. The van der Waals surface area contributed by atoms with Crippen molar-refractivity contribution in [3.05, 3.63) is 72.0 Å². The van der Waals surface area contributed by atoms with Gasteiger partial charge < -0.3 is 20.5 Å². The second-order valence-corrected chi connectivity index (χ2v) is 9.49. The highest BCUT2D eigenvalue weighted by Gasteiger charge is 2.22. The highest BCUT2D eigenvalue weighted by Crippen LogP contribution is 2.29. The predicted molar refractivity (Wildman–Crippen MR) is 138 cm³/mol. The fraction of sp³-hybridized carbons (Fsp3) is 0.414. The number of rotatable bonds is 10. The number of aliphatic hydroxyl groups excluding tert-OH is 1. The third-order valence-electron chi connectivity index (χ3n) is 6.79. The largest absolute Gasteiger partial charge is 0.493 e. The highest BCUT2D eigenvalue weighted by molar-refractivity contribution is 5.89. The summed E-state index contributed by atoms with van der Waals surface area (Å²) < 4.78 is 18.9. The number of carbonyl (C=O) groups is 1. The van der Waals surface area contributed by atoms with Crippen molar-refractivity contribution in [2.45, 2.75) is 57.4 Å². The van der Waals surface area contributed by atoms with Gasteiger partial charge in [-0.15, -0.1) is 0 Å². The molecular formula is C29H35FN2O3. The molecule has 0 bridgehead atoms. The van der Waals surface area contributed by atoms with Gasteiger partial charge in [0.15, 0.2) is 0 Å². The number of fused-ring (bicyclic) bond motifs is 1. The lowest BCUT2D eigenvalue weighted by atomic mass is 9.83. The molecule has 0 spiro atoms. The maximum Gasteiger partial charge on any atom is 0.319 e. The van der Waals surface area contributed by atoms with Crippen LogP contribution in [0.4, 0.5) is 14.9 Å². The van der Waals surface area contributed by atoms with E-state index < -0.39 is 0 Å². The molecule has 4 rings (SSSR count). The van der Waals surface area contributed by atoms with Crippen LogP contribution in [0.2, 0.25) is 0 Å². The Kier molecular flexibility index (Phi) is 8.96. The molecule has 6 heteroatoms. The van der Waals surface area contributed by atoms with Crippen LogP contribution >= 0.6 is 0 Å². The smallest absolute Gasteiger partial charge is 0.319 e. The number of ether oxygens (including phenoxy) is 1. The van der Waals surface area contributed by atoms with E-state index in [4.69, 9.17) is 9.84 Å². The molecular weight excluding hydrogens is 443 g/mol. The van der Waals surface area contributed by atoms with Crippen LogP contribution in [0.3, 0.4) is 0 Å². The first-order chi connectivity index (χ1) is 17.1. The number of hydrogen-bond donors (Lipinski definition) is 3. The van der Waals surface area contributed by atoms with Gasteiger partial charge >= 0.3 is 6.03 Å². The maximum absolute atomic E-state index is 13.4. The van der Waals surface area contributed by atoms with E-state index in [9.17, 15) is 9.18 Å². The summed E-state index contributed by atoms with van der Waals surface area (Å²) in [7, 11) is 0. The second-order valence-electron chi connectivity index (χ2n) is 9.49. The van der Waals surface area contributed by atoms with Crippen LogP contribution < -0.4 is 15.4 Å². The van der Waals surface area contributed by atoms with Crippen molar-refractivity contribution in [1.82, 2.24) is 5.32 Å². The molecule has 5 nitrogen and oxygen atoms in total. The molecule has 1 aliphatic carbocycles. The monoisotopic (exact) mass is 478 g/mol. The zero-order valence-corrected chi connectivity index (χ0v) is 20.1. The van der Waals surface area contributed by atoms with Gasteiger partial charge in [-0.1, -0.05) is 36.8 Å². The van der Waals surface area contributed by atoms with E-state index in [-0.39, 0.29) is 24.5 Å². The molecule has 0 heterocycles. The average Bonchev–Trinajstić information content (AvgIpc) is 2.85. The van der Waals surface area contributed by atoms with E-state index in [2.05, 4.69) is 22.8 Å². The number of aliphatic hydroxyl groups is 1. The minimum absolute atomic E-state index is 0.0936. The number of nitrogens with one attached hydrogen (secondary N) is 2. The first-order valence-corrected chi connectivity index (χ1v) is 12.7. The first kappa shape index (κ1) is 25.0. The van der Waals surface area contributed by atoms with Crippen molar-refractivity contribution in [2.24, 2.45) is 5.92 Å². The molecule has 0 unspecified atom stereocenters. The lowest BCUT2D eigenvalue weighted by Crippen LogP contribution is -2.40. The molecule has 1 fully saturated rings. The van der Waals surface area contributed by atoms with Crippen LogP contribution in [0.15, 0.2) is 60.7 Å². The van der Waals surface area contributed by atoms with Gasteiger partial charge in [0, 0.05) is 30.8 Å². The topological polar surface area (TPSA) is 70.6 Å². The van der Waals surface area contributed by atoms with Crippen LogP contribution in [-0.4, -0.2) is 30.4 Å². The van der Waals surface area contributed by atoms with Gasteiger partial charge in [0.25, 0.3) is 0 Å². The molecule has 1 saturated carbocycles. The van der Waals surface area contributed by atoms with E-state index in [0.29, 0.717) is 30.4 Å². The van der Waals surface area contributed by atoms with Crippen LogP contribution in [0.5, 0.6) is 5.75 Å². The second kappa shape index (κ2) is 12.5. The third kappa shape index (κ3) is 7.69. The van der Waals surface area contributed by atoms with Gasteiger partial charge in [-0.25, -0.2) is 9.18 Å². The molecule has 3 aromatic rings. The number of benzene rings is 3. The average molecular weight is 479 g/mol. The third-order valence-corrected chi connectivity index (χ3v) is 6.79. The van der Waals surface area contributed by atoms with Crippen molar-refractivity contribution in [3.8, 4) is 5.75 Å². The van der Waals surface area contributed by atoms with Gasteiger partial charge in [0.05, 0.1) is 6.61 Å². The van der Waals surface area contributed by atoms with E-state index in [0.717, 1.165) is 49.3 Å². The van der Waals surface area contributed by atoms with Crippen LogP contribution in [0.25, 0.3) is 10.8 Å². The minimum atomic E-state index is -0.193. The molecule has 35 heavy (non-hydrogen) atoms. The Morgan fingerprint density at radius 3 is 2.60 bits per heavy atom. The fourth-order valence-electron chi connectivity index (χ4n) is 4.88. The van der Waals surface area contributed by atoms with Gasteiger partial charge in [-0.2, -0.15) is 0 Å². The van der Waals surface area contributed by atoms with Crippen molar-refractivity contribution < 1.29 is 19.0 Å². The maximum atomic E-state index is 13.4. The number of carbonyl (C=O) groups excluding carboxylic acids is 1. The summed E-state index contributed by atoms with van der Waals surface area (Å²) in [6.07, 6.45) is 8.24. The normalized spacial score (nSPS) is 17.8. The van der Waals surface area contributed by atoms with Crippen molar-refractivity contribution in [2.75, 3.05) is 18.5 Å². The van der Waals surface area contributed by atoms with E-state index in [1.165, 1.54) is 18.1 Å². The summed E-state index contributed by atoms with van der Waals surface area (Å²) in [6, 6.07) is 18.6. The van der Waals surface area contributed by atoms with Crippen LogP contribution in [0.1, 0.15) is 50.5 Å². The number of hydrogen-bond acceptors (Lipinski definition) is 3. The summed E-state index contributed by atoms with van der Waals surface area (Å²) in [5, 5.41) is 16.9. The van der Waals surface area contributed by atoms with Crippen molar-refractivity contribution in [1.29, 1.82) is 0 Å². The molecule has 3 N–H and O–H groups in total. The van der Waals surface area contributed by atoms with E-state index >= 15 is 0 Å². The molecule has 2 amide bonds. The molecule has 1 aliphatic rings. The Morgan fingerprint density at radius 1 is 0.971 bits per heavy atom. The lowest BCUT2D eigenvalue weighted by Gasteiger charge is -2.29. The first-order valence-electron chi connectivity index (χ1n) is 12.7. The van der Waals surface area contributed by atoms with Crippen LogP contribution in [0, 0.1) is 11.7 Å². The minimum Gasteiger partial charge on any atom is -0.493 e. The Morgan fingerprint density at radius 2 is 1.77 bits per heavy atom. The van der Waals surface area contributed by atoms with E-state index in [1.807, 2.05) is 30.3 Å². The summed E-state index contributed by atoms with van der Waals surface area (Å²) in [4.78, 5) is 12.5. The molecule has 186 valence electrons. The Labute approximate surface area is 206 Å². The summed E-state index contributed by atoms with van der Waals surface area (Å²) in [6.45, 7) is 0.537. The van der Waals surface area contributed by atoms with Gasteiger partial charge in [0.1, 0.15) is 11.6 Å². The molecule has 0 saturated heterocycles. The van der Waals surface area contributed by atoms with Gasteiger partial charge in [-0.3, -0.25) is 0 Å². The lowest BCUT2D eigenvalue weighted by molar-refractivity contribution is 0.233. The van der Waals surface area contributed by atoms with Crippen LogP contribution in [-0.2, 0) is 6.42 Å². The summed E-state index contributed by atoms with van der Waals surface area (Å²) in [5.74, 6) is 1.19. The molecule has 3 aromatic carbocycles. The number of aryl methyl sites for hydroxylation is 1. The summed E-state index contributed by atoms with van der Waals surface area (Å²) in [5.41, 5.74) is 2.00. The molecule has 0 aromatic heterocycles. The number of urea groups is 1. The molecule has 0 aliphatic heterocycles. The number of halogens is 1. The zero-order chi connectivity index (χ0) is 24.5. The van der Waals surface area contributed by atoms with Gasteiger partial charge in [-0.05, 0) is 85.0 Å². The van der Waals surface area contributed by atoms with Gasteiger partial charge in [0.2, 0.25) is 0 Å². The molecule has 0 radical (unpaired) electrons. The summed E-state index contributed by atoms with van der Waals surface area (Å²) >= 11 is 0. The zero-order valence-electron chi connectivity index (χ0n) is 20.1. The standard InChI is InChI=1S/C29H35FN2O3/c30-25-13-12-23-18-22(8-11-24(23)19-25)5-1-4-21-9-14-26(15-10-21)31-29(34)32-27-6-2-7-28(20-27)35-17-3-16-33/h2,6-8,11-13,18-21,26,33H,1,3-5,9-10,14-17H2,(H2,31,32,34). The Balaban J connectivity index is 1.15. The van der Waals surface area contributed by atoms with Crippen molar-refractivity contribution >= 4 is 22.5 Å². The fourth-order valence-corrected chi connectivity index (χ4v) is 4.88. The SMILES string of the molecule is O=C(Nc1cccc(OCCCO)c1)NC1CCC(CCCc2ccc3cc(F)ccc3c2)CC1. The number of amides is 2. The molecule has 0 atom stereocenters. The quantitative estimate of drug-likeness (QED) is 0.294. The van der Waals surface area contributed by atoms with Crippen molar-refractivity contribution in [3.63, 3.8) is 0 Å². The predicted octanol–water partition coefficient (Wildman–Crippen LogP) is 6.44.